The average Bonchev–Trinajstić information content (AvgIpc) is 2.32. The fourth-order valence-corrected chi connectivity index (χ4v) is 2.53. The van der Waals surface area contributed by atoms with Crippen molar-refractivity contribution in [2.45, 2.75) is 123 Å². The number of hydrogen-bond donors (Lipinski definition) is 0. The standard InChI is InChI=1S/C14H30.C3H8.2C2H6/c1-9-10-13(5,6)14(7,8)11-12(2,3)4;1-3-2;2*1-2/h9-11H2,1-8H3;3H2,1-2H3;2*1-2H3. The summed E-state index contributed by atoms with van der Waals surface area (Å²) in [7, 11) is 0. The molecule has 0 amide bonds. The van der Waals surface area contributed by atoms with Crippen LogP contribution in [0.5, 0.6) is 0 Å². The molecule has 0 aromatic heterocycles. The van der Waals surface area contributed by atoms with Gasteiger partial charge in [0.2, 0.25) is 0 Å². The molecule has 0 aliphatic carbocycles. The van der Waals surface area contributed by atoms with Gasteiger partial charge in [0.25, 0.3) is 0 Å². The fraction of sp³-hybridized carbons (Fsp3) is 1.00. The van der Waals surface area contributed by atoms with Gasteiger partial charge in [-0.05, 0) is 29.1 Å². The zero-order chi connectivity index (χ0) is 18.3. The molecular formula is C21H50. The third kappa shape index (κ3) is 18.0. The molecule has 0 radical (unpaired) electrons. The van der Waals surface area contributed by atoms with E-state index >= 15 is 0 Å². The zero-order valence-electron chi connectivity index (χ0n) is 18.3. The minimum atomic E-state index is 0.432. The molecule has 0 bridgehead atoms. The van der Waals surface area contributed by atoms with Crippen molar-refractivity contribution in [1.82, 2.24) is 0 Å². The summed E-state index contributed by atoms with van der Waals surface area (Å²) in [6.45, 7) is 31.3. The molecule has 21 heavy (non-hydrogen) atoms. The molecule has 0 unspecified atom stereocenters. The second kappa shape index (κ2) is 14.9. The number of rotatable bonds is 4. The summed E-state index contributed by atoms with van der Waals surface area (Å²) in [5, 5.41) is 0. The van der Waals surface area contributed by atoms with Crippen LogP contribution in [0.1, 0.15) is 123 Å². The van der Waals surface area contributed by atoms with E-state index in [1.54, 1.807) is 0 Å². The number of hydrogen-bond acceptors (Lipinski definition) is 0. The van der Waals surface area contributed by atoms with Crippen LogP contribution in [0.3, 0.4) is 0 Å². The van der Waals surface area contributed by atoms with Gasteiger partial charge in [0.15, 0.2) is 0 Å². The average molecular weight is 303 g/mol. The Morgan fingerprint density at radius 2 is 0.857 bits per heavy atom. The highest BCUT2D eigenvalue weighted by atomic mass is 14.4. The van der Waals surface area contributed by atoms with Gasteiger partial charge in [-0.25, -0.2) is 0 Å². The first-order valence-electron chi connectivity index (χ1n) is 9.43. The van der Waals surface area contributed by atoms with Crippen molar-refractivity contribution in [3.05, 3.63) is 0 Å². The summed E-state index contributed by atoms with van der Waals surface area (Å²) in [5.74, 6) is 0. The van der Waals surface area contributed by atoms with Crippen LogP contribution in [-0.4, -0.2) is 0 Å². The van der Waals surface area contributed by atoms with E-state index in [0.29, 0.717) is 16.2 Å². The summed E-state index contributed by atoms with van der Waals surface area (Å²) in [4.78, 5) is 0. The summed E-state index contributed by atoms with van der Waals surface area (Å²) < 4.78 is 0. The first-order chi connectivity index (χ1) is 9.43. The summed E-state index contributed by atoms with van der Waals surface area (Å²) >= 11 is 0. The van der Waals surface area contributed by atoms with Crippen molar-refractivity contribution in [3.63, 3.8) is 0 Å². The lowest BCUT2D eigenvalue weighted by atomic mass is 9.60. The van der Waals surface area contributed by atoms with Crippen LogP contribution in [0, 0.1) is 16.2 Å². The van der Waals surface area contributed by atoms with Gasteiger partial charge in [0.1, 0.15) is 0 Å². The van der Waals surface area contributed by atoms with Gasteiger partial charge in [0, 0.05) is 0 Å². The van der Waals surface area contributed by atoms with E-state index in [9.17, 15) is 0 Å². The molecule has 0 spiro atoms. The van der Waals surface area contributed by atoms with Crippen molar-refractivity contribution < 1.29 is 0 Å². The zero-order valence-corrected chi connectivity index (χ0v) is 18.3. The summed E-state index contributed by atoms with van der Waals surface area (Å²) in [6.07, 6.45) is 5.17. The lowest BCUT2D eigenvalue weighted by Crippen LogP contribution is -2.35. The molecule has 134 valence electrons. The molecular weight excluding hydrogens is 252 g/mol. The quantitative estimate of drug-likeness (QED) is 0.487. The van der Waals surface area contributed by atoms with Gasteiger partial charge >= 0.3 is 0 Å². The predicted octanol–water partition coefficient (Wildman–Crippen LogP) is 8.74. The van der Waals surface area contributed by atoms with Gasteiger partial charge in [-0.15, -0.1) is 0 Å². The Bertz CT molecular complexity index is 179. The monoisotopic (exact) mass is 302 g/mol. The van der Waals surface area contributed by atoms with E-state index in [2.05, 4.69) is 69.2 Å². The second-order valence-electron chi connectivity index (χ2n) is 7.96. The maximum atomic E-state index is 2.42. The van der Waals surface area contributed by atoms with Gasteiger partial charge in [-0.3, -0.25) is 0 Å². The molecule has 0 saturated carbocycles. The molecule has 0 heterocycles. The lowest BCUT2D eigenvalue weighted by Gasteiger charge is -2.45. The predicted molar refractivity (Wildman–Crippen MR) is 105 cm³/mol. The van der Waals surface area contributed by atoms with Gasteiger partial charge in [-0.2, -0.15) is 0 Å². The van der Waals surface area contributed by atoms with Crippen LogP contribution >= 0.6 is 0 Å². The van der Waals surface area contributed by atoms with Gasteiger partial charge in [-0.1, -0.05) is 110 Å². The van der Waals surface area contributed by atoms with Crippen LogP contribution in [0.25, 0.3) is 0 Å². The Labute approximate surface area is 139 Å². The molecule has 0 nitrogen and oxygen atoms in total. The summed E-state index contributed by atoms with van der Waals surface area (Å²) in [6, 6.07) is 0. The smallest absolute Gasteiger partial charge is 0.0298 e. The third-order valence-corrected chi connectivity index (χ3v) is 3.68. The van der Waals surface area contributed by atoms with Crippen molar-refractivity contribution in [2.24, 2.45) is 16.2 Å². The Balaban J connectivity index is -0.000000176. The molecule has 0 N–H and O–H groups in total. The minimum Gasteiger partial charge on any atom is -0.0683 e. The Kier molecular flexibility index (Phi) is 20.6. The normalized spacial score (nSPS) is 11.1. The van der Waals surface area contributed by atoms with Crippen LogP contribution in [0.15, 0.2) is 0 Å². The Hall–Kier alpha value is 0. The summed E-state index contributed by atoms with van der Waals surface area (Å²) in [5.41, 5.74) is 1.32. The van der Waals surface area contributed by atoms with Gasteiger partial charge < -0.3 is 0 Å². The molecule has 0 saturated heterocycles. The second-order valence-corrected chi connectivity index (χ2v) is 7.96. The molecule has 0 rings (SSSR count). The third-order valence-electron chi connectivity index (χ3n) is 3.68. The molecule has 0 aliphatic heterocycles. The highest BCUT2D eigenvalue weighted by Gasteiger charge is 2.38. The van der Waals surface area contributed by atoms with Crippen molar-refractivity contribution in [3.8, 4) is 0 Å². The fourth-order valence-electron chi connectivity index (χ4n) is 2.53. The molecule has 0 atom stereocenters. The van der Waals surface area contributed by atoms with Crippen LogP contribution in [0.2, 0.25) is 0 Å². The van der Waals surface area contributed by atoms with E-state index in [0.717, 1.165) is 0 Å². The van der Waals surface area contributed by atoms with Crippen molar-refractivity contribution >= 4 is 0 Å². The molecule has 0 heteroatoms. The van der Waals surface area contributed by atoms with E-state index in [-0.39, 0.29) is 0 Å². The van der Waals surface area contributed by atoms with Crippen molar-refractivity contribution in [2.75, 3.05) is 0 Å². The Morgan fingerprint density at radius 3 is 1.05 bits per heavy atom. The van der Waals surface area contributed by atoms with Crippen LogP contribution in [0.4, 0.5) is 0 Å². The van der Waals surface area contributed by atoms with E-state index in [1.807, 2.05) is 27.7 Å². The maximum Gasteiger partial charge on any atom is -0.0298 e. The molecule has 0 fully saturated rings. The van der Waals surface area contributed by atoms with E-state index < -0.39 is 0 Å². The van der Waals surface area contributed by atoms with Crippen LogP contribution < -0.4 is 0 Å². The minimum absolute atomic E-state index is 0.432. The molecule has 0 aromatic carbocycles. The maximum absolute atomic E-state index is 2.42. The SMILES string of the molecule is CC.CC.CCC.CCCC(C)(C)C(C)(C)CC(C)(C)C. The van der Waals surface area contributed by atoms with E-state index in [4.69, 9.17) is 0 Å². The van der Waals surface area contributed by atoms with Crippen molar-refractivity contribution in [1.29, 1.82) is 0 Å². The molecule has 0 aliphatic rings. The van der Waals surface area contributed by atoms with Crippen LogP contribution in [-0.2, 0) is 0 Å². The molecule has 0 aromatic rings. The first-order valence-corrected chi connectivity index (χ1v) is 9.43. The Morgan fingerprint density at radius 1 is 0.571 bits per heavy atom. The topological polar surface area (TPSA) is 0 Å². The van der Waals surface area contributed by atoms with E-state index in [1.165, 1.54) is 25.7 Å². The van der Waals surface area contributed by atoms with Gasteiger partial charge in [0.05, 0.1) is 0 Å². The highest BCUT2D eigenvalue weighted by molar-refractivity contribution is 4.88. The first kappa shape index (κ1) is 29.1. The largest absolute Gasteiger partial charge is 0.0683 e. The lowest BCUT2D eigenvalue weighted by molar-refractivity contribution is 0.0499. The highest BCUT2D eigenvalue weighted by Crippen LogP contribution is 2.48.